The van der Waals surface area contributed by atoms with Crippen LogP contribution in [0.1, 0.15) is 23.5 Å². The molecule has 2 nitrogen and oxygen atoms in total. The molecular formula is C16H15IN2S. The second-order valence-electron chi connectivity index (χ2n) is 4.83. The molecule has 1 heterocycles. The van der Waals surface area contributed by atoms with Gasteiger partial charge in [-0.1, -0.05) is 12.1 Å². The highest BCUT2D eigenvalue weighted by Gasteiger charge is 2.07. The number of nitrogens with zero attached hydrogens (tertiary/aromatic N) is 1. The van der Waals surface area contributed by atoms with Crippen molar-refractivity contribution in [3.05, 3.63) is 56.6 Å². The normalized spacial score (nSPS) is 12.6. The number of benzene rings is 2. The van der Waals surface area contributed by atoms with Gasteiger partial charge in [0.05, 0.1) is 15.2 Å². The fourth-order valence-corrected chi connectivity index (χ4v) is 3.44. The zero-order valence-corrected chi connectivity index (χ0v) is 14.3. The maximum absolute atomic E-state index is 4.49. The lowest BCUT2D eigenvalue weighted by molar-refractivity contribution is 0.885. The van der Waals surface area contributed by atoms with E-state index in [2.05, 4.69) is 82.3 Å². The fourth-order valence-electron chi connectivity index (χ4n) is 2.21. The van der Waals surface area contributed by atoms with Gasteiger partial charge in [0.2, 0.25) is 0 Å². The molecule has 2 aromatic carbocycles. The minimum atomic E-state index is 0.290. The van der Waals surface area contributed by atoms with Crippen molar-refractivity contribution in [2.45, 2.75) is 19.9 Å². The molecule has 0 aliphatic heterocycles. The third-order valence-electron chi connectivity index (χ3n) is 3.25. The molecule has 1 atom stereocenters. The van der Waals surface area contributed by atoms with Crippen LogP contribution in [0.3, 0.4) is 0 Å². The number of halogens is 1. The zero-order chi connectivity index (χ0) is 14.1. The molecule has 0 fully saturated rings. The Morgan fingerprint density at radius 2 is 1.90 bits per heavy atom. The number of fused-ring (bicyclic) bond motifs is 1. The van der Waals surface area contributed by atoms with Crippen LogP contribution < -0.4 is 5.32 Å². The van der Waals surface area contributed by atoms with E-state index in [9.17, 15) is 0 Å². The minimum Gasteiger partial charge on any atom is -0.378 e. The maximum Gasteiger partial charge on any atom is 0.0907 e. The Hall–Kier alpha value is -1.14. The van der Waals surface area contributed by atoms with Crippen LogP contribution in [0.2, 0.25) is 0 Å². The highest BCUT2D eigenvalue weighted by Crippen LogP contribution is 2.27. The number of anilines is 1. The van der Waals surface area contributed by atoms with Crippen LogP contribution in [0.5, 0.6) is 0 Å². The molecule has 0 aliphatic carbocycles. The molecule has 3 rings (SSSR count). The predicted molar refractivity (Wildman–Crippen MR) is 95.6 cm³/mol. The molecule has 1 aromatic heterocycles. The van der Waals surface area contributed by atoms with Gasteiger partial charge in [-0.3, -0.25) is 0 Å². The van der Waals surface area contributed by atoms with E-state index < -0.39 is 0 Å². The van der Waals surface area contributed by atoms with Crippen molar-refractivity contribution >= 4 is 49.8 Å². The molecule has 102 valence electrons. The molecule has 1 unspecified atom stereocenters. The summed E-state index contributed by atoms with van der Waals surface area (Å²) < 4.78 is 2.50. The fraction of sp³-hybridized carbons (Fsp3) is 0.188. The Balaban J connectivity index is 1.82. The van der Waals surface area contributed by atoms with Crippen LogP contribution in [0.25, 0.3) is 10.2 Å². The summed E-state index contributed by atoms with van der Waals surface area (Å²) in [7, 11) is 0. The van der Waals surface area contributed by atoms with Crippen molar-refractivity contribution in [3.63, 3.8) is 0 Å². The van der Waals surface area contributed by atoms with Gasteiger partial charge >= 0.3 is 0 Å². The number of hydrogen-bond donors (Lipinski definition) is 1. The zero-order valence-electron chi connectivity index (χ0n) is 11.4. The van der Waals surface area contributed by atoms with Crippen molar-refractivity contribution in [2.24, 2.45) is 0 Å². The highest BCUT2D eigenvalue weighted by atomic mass is 127. The summed E-state index contributed by atoms with van der Waals surface area (Å²) in [6.45, 7) is 4.23. The van der Waals surface area contributed by atoms with Gasteiger partial charge in [-0.05, 0) is 72.3 Å². The maximum atomic E-state index is 4.49. The van der Waals surface area contributed by atoms with Crippen molar-refractivity contribution in [2.75, 3.05) is 5.32 Å². The first-order valence-corrected chi connectivity index (χ1v) is 8.40. The number of aryl methyl sites for hydroxylation is 1. The summed E-state index contributed by atoms with van der Waals surface area (Å²) in [4.78, 5) is 4.49. The molecule has 3 aromatic rings. The molecule has 4 heteroatoms. The monoisotopic (exact) mass is 394 g/mol. The molecule has 0 saturated heterocycles. The number of hydrogen-bond acceptors (Lipinski definition) is 3. The third-order valence-corrected chi connectivity index (χ3v) is 4.90. The van der Waals surface area contributed by atoms with E-state index in [0.717, 1.165) is 16.2 Å². The van der Waals surface area contributed by atoms with Crippen molar-refractivity contribution in [1.29, 1.82) is 0 Å². The lowest BCUT2D eigenvalue weighted by atomic mass is 10.1. The van der Waals surface area contributed by atoms with E-state index in [1.54, 1.807) is 11.3 Å². The quantitative estimate of drug-likeness (QED) is 0.603. The molecule has 1 N–H and O–H groups in total. The Labute approximate surface area is 136 Å². The molecule has 20 heavy (non-hydrogen) atoms. The van der Waals surface area contributed by atoms with Gasteiger partial charge in [0.15, 0.2) is 0 Å². The summed E-state index contributed by atoms with van der Waals surface area (Å²) in [5.41, 5.74) is 3.53. The first kappa shape index (κ1) is 13.8. The summed E-state index contributed by atoms with van der Waals surface area (Å²) in [6.07, 6.45) is 0. The summed E-state index contributed by atoms with van der Waals surface area (Å²) in [6, 6.07) is 15.3. The van der Waals surface area contributed by atoms with E-state index in [0.29, 0.717) is 6.04 Å². The second-order valence-corrected chi connectivity index (χ2v) is 7.31. The topological polar surface area (TPSA) is 24.9 Å². The summed E-state index contributed by atoms with van der Waals surface area (Å²) in [5.74, 6) is 0. The van der Waals surface area contributed by atoms with Gasteiger partial charge in [-0.15, -0.1) is 11.3 Å². The summed E-state index contributed by atoms with van der Waals surface area (Å²) in [5, 5.41) is 4.67. The van der Waals surface area contributed by atoms with E-state index in [1.807, 2.05) is 6.92 Å². The molecule has 0 bridgehead atoms. The van der Waals surface area contributed by atoms with Crippen LogP contribution in [0.4, 0.5) is 5.69 Å². The standard InChI is InChI=1S/C16H15IN2S/c1-10(12-3-5-13(17)6-4-12)18-14-7-8-15-16(9-14)20-11(2)19-15/h3-10,18H,1-2H3. The Bertz CT molecular complexity index is 734. The summed E-state index contributed by atoms with van der Waals surface area (Å²) >= 11 is 4.07. The van der Waals surface area contributed by atoms with Crippen LogP contribution in [-0.2, 0) is 0 Å². The second kappa shape index (κ2) is 5.69. The molecule has 0 saturated carbocycles. The first-order valence-electron chi connectivity index (χ1n) is 6.51. The molecular weight excluding hydrogens is 379 g/mol. The lowest BCUT2D eigenvalue weighted by Gasteiger charge is -2.15. The van der Waals surface area contributed by atoms with Gasteiger partial charge in [-0.2, -0.15) is 0 Å². The third kappa shape index (κ3) is 2.96. The van der Waals surface area contributed by atoms with E-state index in [1.165, 1.54) is 13.8 Å². The van der Waals surface area contributed by atoms with Crippen LogP contribution in [0, 0.1) is 10.5 Å². The number of rotatable bonds is 3. The molecule has 0 aliphatic rings. The number of aromatic nitrogens is 1. The van der Waals surface area contributed by atoms with Crippen molar-refractivity contribution in [1.82, 2.24) is 4.98 Å². The van der Waals surface area contributed by atoms with E-state index in [-0.39, 0.29) is 0 Å². The minimum absolute atomic E-state index is 0.290. The Kier molecular flexibility index (Phi) is 3.94. The van der Waals surface area contributed by atoms with E-state index >= 15 is 0 Å². The highest BCUT2D eigenvalue weighted by molar-refractivity contribution is 14.1. The number of nitrogens with one attached hydrogen (secondary N) is 1. The van der Waals surface area contributed by atoms with Gasteiger partial charge in [-0.25, -0.2) is 4.98 Å². The smallest absolute Gasteiger partial charge is 0.0907 e. The molecule has 0 amide bonds. The van der Waals surface area contributed by atoms with Crippen molar-refractivity contribution < 1.29 is 0 Å². The van der Waals surface area contributed by atoms with Gasteiger partial charge in [0.25, 0.3) is 0 Å². The van der Waals surface area contributed by atoms with Gasteiger partial charge < -0.3 is 5.32 Å². The predicted octanol–water partition coefficient (Wildman–Crippen LogP) is 5.38. The molecule has 0 radical (unpaired) electrons. The van der Waals surface area contributed by atoms with E-state index in [4.69, 9.17) is 0 Å². The number of thiazole rings is 1. The van der Waals surface area contributed by atoms with Gasteiger partial charge in [0, 0.05) is 15.3 Å². The van der Waals surface area contributed by atoms with Crippen LogP contribution >= 0.6 is 33.9 Å². The average Bonchev–Trinajstić information content (AvgIpc) is 2.78. The first-order chi connectivity index (χ1) is 9.61. The van der Waals surface area contributed by atoms with Crippen LogP contribution in [0.15, 0.2) is 42.5 Å². The van der Waals surface area contributed by atoms with Crippen LogP contribution in [-0.4, -0.2) is 4.98 Å². The Morgan fingerprint density at radius 1 is 1.15 bits per heavy atom. The van der Waals surface area contributed by atoms with Gasteiger partial charge in [0.1, 0.15) is 0 Å². The largest absolute Gasteiger partial charge is 0.378 e. The lowest BCUT2D eigenvalue weighted by Crippen LogP contribution is -2.06. The average molecular weight is 394 g/mol. The molecule has 0 spiro atoms. The SMILES string of the molecule is Cc1nc2ccc(NC(C)c3ccc(I)cc3)cc2s1. The Morgan fingerprint density at radius 3 is 2.65 bits per heavy atom. The van der Waals surface area contributed by atoms with Crippen molar-refractivity contribution in [3.8, 4) is 0 Å².